The van der Waals surface area contributed by atoms with E-state index in [2.05, 4.69) is 12.2 Å². The number of carboxylic acids is 6. The van der Waals surface area contributed by atoms with Gasteiger partial charge in [0.15, 0.2) is 10.8 Å². The van der Waals surface area contributed by atoms with E-state index >= 15 is 0 Å². The van der Waals surface area contributed by atoms with Crippen molar-refractivity contribution >= 4 is 54.7 Å². The number of nitrogens with two attached hydrogens (primary N) is 5. The molecule has 4 rings (SSSR count). The minimum atomic E-state index is -1.44. The van der Waals surface area contributed by atoms with Crippen LogP contribution >= 0.6 is 18.8 Å². The third-order valence-electron chi connectivity index (χ3n) is 8.03. The zero-order valence-corrected chi connectivity index (χ0v) is 39.4. The van der Waals surface area contributed by atoms with Crippen molar-refractivity contribution in [1.29, 1.82) is 0 Å². The van der Waals surface area contributed by atoms with Gasteiger partial charge in [-0.3, -0.25) is 28.8 Å². The molecule has 0 spiro atoms. The predicted octanol–water partition coefficient (Wildman–Crippen LogP) is 6.92. The van der Waals surface area contributed by atoms with E-state index < -0.39 is 69.5 Å². The Labute approximate surface area is 369 Å². The van der Waals surface area contributed by atoms with Gasteiger partial charge >= 0.3 is 134 Å². The second-order valence-corrected chi connectivity index (χ2v) is 14.7. The number of halogens is 2. The molecular formula is C27H54Cl2N8O12Pt4+2. The predicted molar refractivity (Wildman–Crippen MR) is 185 cm³/mol. The molecule has 0 bridgehead atoms. The Balaban J connectivity index is -0.0000000623. The quantitative estimate of drug-likeness (QED) is 0.120. The second-order valence-electron chi connectivity index (χ2n) is 11.4. The van der Waals surface area contributed by atoms with Crippen LogP contribution in [0.3, 0.4) is 0 Å². The molecule has 1 unspecified atom stereocenters. The molecule has 0 radical (unpaired) electrons. The molecule has 1 saturated heterocycles. The summed E-state index contributed by atoms with van der Waals surface area (Å²) in [7, 11) is 9.75. The topological polar surface area (TPSA) is 443 Å². The normalized spacial score (nSPS) is 21.2. The summed E-state index contributed by atoms with van der Waals surface area (Å²) >= 11 is -0.472. The molecule has 26 heteroatoms. The van der Waals surface area contributed by atoms with Crippen LogP contribution < -0.4 is 11.1 Å². The van der Waals surface area contributed by atoms with Crippen LogP contribution in [-0.4, -0.2) is 97.2 Å². The van der Waals surface area contributed by atoms with E-state index in [0.717, 1.165) is 25.9 Å². The van der Waals surface area contributed by atoms with Gasteiger partial charge in [0.25, 0.3) is 0 Å². The third-order valence-corrected chi connectivity index (χ3v) is 8.03. The monoisotopic (exact) mass is 1530 g/mol. The van der Waals surface area contributed by atoms with Crippen molar-refractivity contribution in [2.75, 3.05) is 13.1 Å². The smallest absolute Gasteiger partial charge is 0.693 e. The first kappa shape index (κ1) is 73.9. The van der Waals surface area contributed by atoms with Crippen LogP contribution in [-0.2, 0) is 108 Å². The summed E-state index contributed by atoms with van der Waals surface area (Å²) in [6, 6.07) is -0.160. The molecule has 0 aromatic rings. The molecule has 3 saturated carbocycles. The molecule has 1 aliphatic heterocycles. The molecule has 53 heavy (non-hydrogen) atoms. The Morgan fingerprint density at radius 1 is 0.642 bits per heavy atom. The largest absolute Gasteiger partial charge is 2.00 e. The SMILES string of the molecule is C[C@@]1(CN)CCCN1.O=C(O)C1(C(=O)O)CCC1.O=C(O)C1(C(=O)O)CCC1.O=C(O)CC(=O)O.[Cl][Pt+2][Cl].[NH-]C1CCCC[C@@H]1[NH-].[NH2-].[NH2-].[NH2-].[NH2-].[Pt+2].[Pt+2].[Pt+2]. The van der Waals surface area contributed by atoms with Gasteiger partial charge < -0.3 is 77.8 Å². The fraction of sp³-hybridized carbons (Fsp3) is 0.778. The molecule has 19 N–H and O–H groups in total. The van der Waals surface area contributed by atoms with Gasteiger partial charge in [0.1, 0.15) is 6.42 Å². The van der Waals surface area contributed by atoms with Crippen LogP contribution in [0.4, 0.5) is 0 Å². The summed E-state index contributed by atoms with van der Waals surface area (Å²) in [5.41, 5.74) is 17.5. The van der Waals surface area contributed by atoms with Gasteiger partial charge in [-0.15, -0.1) is 0 Å². The fourth-order valence-electron chi connectivity index (χ4n) is 4.49. The second kappa shape index (κ2) is 38.7. The van der Waals surface area contributed by atoms with Crippen LogP contribution in [0.25, 0.3) is 36.1 Å². The van der Waals surface area contributed by atoms with E-state index in [1.54, 1.807) is 0 Å². The number of nitrogens with one attached hydrogen (secondary N) is 3. The Kier molecular flexibility index (Phi) is 53.9. The van der Waals surface area contributed by atoms with E-state index in [0.29, 0.717) is 12.8 Å². The number of carbonyl (C=O) groups is 6. The summed E-state index contributed by atoms with van der Waals surface area (Å²) in [5, 5.41) is 52.7. The minimum absolute atomic E-state index is 0. The Morgan fingerprint density at radius 3 is 1.00 bits per heavy atom. The van der Waals surface area contributed by atoms with Gasteiger partial charge in [0.05, 0.1) is 0 Å². The molecule has 4 fully saturated rings. The van der Waals surface area contributed by atoms with E-state index in [9.17, 15) is 28.8 Å². The average molecular weight is 1530 g/mol. The third kappa shape index (κ3) is 28.8. The van der Waals surface area contributed by atoms with Crippen molar-refractivity contribution in [3.05, 3.63) is 36.1 Å². The Hall–Kier alpha value is -0.167. The van der Waals surface area contributed by atoms with Crippen LogP contribution in [0, 0.1) is 10.8 Å². The standard InChI is InChI=1S/C6H14N2.C6H12N2.2C6H8O4.C3H4O4.2ClH.4H2N.4Pt/c1-6(5-7)3-2-4-8-6;7-5-3-1-2-4-6(5)8;2*7-4(8)6(5(9)10)2-1-3-6;4-2(5)1-3(6)7;;;;;;;;;;/h8H,2-5,7H2,1H3;5-8H,1-4H2;2*1-3H2,(H,7,8)(H,9,10);1H2,(H,4,5)(H,6,7);2*1H;4*1H2;;;;/q;-2;;;;;;4*-1;3*+2;+4/p-2/t6-;5-,6?;;;;;;;;;;;;;/m00............./s1. The van der Waals surface area contributed by atoms with Gasteiger partial charge in [-0.25, -0.2) is 0 Å². The van der Waals surface area contributed by atoms with Crippen LogP contribution in [0.1, 0.15) is 90.4 Å². The molecule has 326 valence electrons. The van der Waals surface area contributed by atoms with Crippen molar-refractivity contribution in [1.82, 2.24) is 5.32 Å². The summed E-state index contributed by atoms with van der Waals surface area (Å²) in [6.45, 7) is 4.10. The molecule has 20 nitrogen and oxygen atoms in total. The summed E-state index contributed by atoms with van der Waals surface area (Å²) in [5.74, 6) is -7.44. The molecule has 4 aliphatic rings. The molecule has 3 atom stereocenters. The maximum absolute atomic E-state index is 10.4. The molecule has 3 aliphatic carbocycles. The number of hydrogen-bond acceptors (Lipinski definition) is 8. The average Bonchev–Trinajstić information content (AvgIpc) is 3.32. The number of rotatable bonds is 7. The summed E-state index contributed by atoms with van der Waals surface area (Å²) in [6.07, 6.45) is 8.48. The van der Waals surface area contributed by atoms with E-state index in [-0.39, 0.29) is 131 Å². The number of hydrogen-bond donors (Lipinski definition) is 8. The molecule has 1 heterocycles. The minimum Gasteiger partial charge on any atom is -0.693 e. The van der Waals surface area contributed by atoms with E-state index in [1.165, 1.54) is 25.7 Å². The summed E-state index contributed by atoms with van der Waals surface area (Å²) < 4.78 is 0. The molecule has 0 amide bonds. The van der Waals surface area contributed by atoms with Gasteiger partial charge in [-0.1, -0.05) is 25.7 Å². The van der Waals surface area contributed by atoms with Crippen LogP contribution in [0.2, 0.25) is 0 Å². The first-order chi connectivity index (χ1) is 21.3. The van der Waals surface area contributed by atoms with Gasteiger partial charge in [0.2, 0.25) is 0 Å². The van der Waals surface area contributed by atoms with E-state index in [4.69, 9.17) is 66.7 Å². The zero-order valence-electron chi connectivity index (χ0n) is 28.8. The zero-order chi connectivity index (χ0) is 36.1. The van der Waals surface area contributed by atoms with Gasteiger partial charge in [-0.2, -0.15) is 12.1 Å². The maximum Gasteiger partial charge on any atom is 2.00 e. The van der Waals surface area contributed by atoms with Crippen molar-refractivity contribution in [2.24, 2.45) is 16.6 Å². The number of carboxylic acid groups (broad SMARTS) is 6. The number of aliphatic carboxylic acids is 6. The van der Waals surface area contributed by atoms with Crippen molar-refractivity contribution in [3.8, 4) is 0 Å². The van der Waals surface area contributed by atoms with Crippen molar-refractivity contribution in [2.45, 2.75) is 108 Å². The first-order valence-electron chi connectivity index (χ1n) is 14.4. The van der Waals surface area contributed by atoms with E-state index in [1.807, 2.05) is 0 Å². The van der Waals surface area contributed by atoms with Crippen LogP contribution in [0.15, 0.2) is 0 Å². The van der Waals surface area contributed by atoms with Crippen molar-refractivity contribution in [3.63, 3.8) is 0 Å². The fourth-order valence-corrected chi connectivity index (χ4v) is 4.49. The Bertz CT molecular complexity index is 923. The maximum atomic E-state index is 10.4. The molecular weight excluding hydrogens is 1480 g/mol. The molecule has 0 aromatic heterocycles. The first-order valence-corrected chi connectivity index (χ1v) is 20.0. The Morgan fingerprint density at radius 2 is 0.925 bits per heavy atom. The van der Waals surface area contributed by atoms with Gasteiger partial charge in [-0.05, 0) is 64.8 Å². The van der Waals surface area contributed by atoms with Crippen molar-refractivity contribution < 1.29 is 139 Å². The molecule has 0 aromatic carbocycles. The summed E-state index contributed by atoms with van der Waals surface area (Å²) in [4.78, 5) is 60.3. The van der Waals surface area contributed by atoms with Gasteiger partial charge in [0, 0.05) is 12.1 Å². The van der Waals surface area contributed by atoms with Crippen LogP contribution in [0.5, 0.6) is 0 Å².